The largest absolute Gasteiger partial charge is 0.491 e. The smallest absolute Gasteiger partial charge is 0.393 e. The van der Waals surface area contributed by atoms with Gasteiger partial charge in [0.1, 0.15) is 0 Å². The number of hydrogen-bond acceptors (Lipinski definition) is 7. The molecule has 0 heterocycles. The van der Waals surface area contributed by atoms with Crippen LogP contribution in [-0.2, 0) is 29.8 Å². The third kappa shape index (κ3) is 15.7. The lowest BCUT2D eigenvalue weighted by Crippen LogP contribution is -2.61. The Hall–Kier alpha value is 0.311. The van der Waals surface area contributed by atoms with Crippen molar-refractivity contribution in [3.63, 3.8) is 0 Å². The Balaban J connectivity index is 5.85. The molecule has 0 aliphatic heterocycles. The van der Waals surface area contributed by atoms with Gasteiger partial charge in [0.2, 0.25) is 0 Å². The van der Waals surface area contributed by atoms with Gasteiger partial charge in [-0.2, -0.15) is 0 Å². The highest BCUT2D eigenvalue weighted by Gasteiger charge is 2.51. The van der Waals surface area contributed by atoms with E-state index in [0.29, 0.717) is 29.5 Å². The van der Waals surface area contributed by atoms with E-state index in [1.54, 1.807) is 6.92 Å². The molecular formula is C23H56O7Si6. The molecule has 0 spiro atoms. The molecule has 0 atom stereocenters. The maximum absolute atomic E-state index is 12.7. The maximum atomic E-state index is 12.7. The predicted molar refractivity (Wildman–Crippen MR) is 165 cm³/mol. The van der Waals surface area contributed by atoms with Gasteiger partial charge in [0.15, 0.2) is 8.32 Å². The predicted octanol–water partition coefficient (Wildman–Crippen LogP) is 7.59. The van der Waals surface area contributed by atoms with E-state index < -0.39 is 51.1 Å². The zero-order valence-corrected chi connectivity index (χ0v) is 32.1. The van der Waals surface area contributed by atoms with E-state index in [9.17, 15) is 4.79 Å². The molecule has 0 aromatic rings. The minimum absolute atomic E-state index is 0.318. The first kappa shape index (κ1) is 36.3. The number of rotatable bonds is 16. The van der Waals surface area contributed by atoms with Crippen LogP contribution in [0.25, 0.3) is 0 Å². The van der Waals surface area contributed by atoms with Crippen molar-refractivity contribution in [1.82, 2.24) is 0 Å². The lowest BCUT2D eigenvalue weighted by Gasteiger charge is -2.44. The SMILES string of the molecule is C=C(C)C(=O)O[Si](CC(C)C)(CC(C)C)O[Si](C)(C)O[Si](C)(C)O[Si](C)(C)O[Si](C)(C)O[Si](C)(C)C. The molecule has 0 saturated heterocycles. The van der Waals surface area contributed by atoms with Gasteiger partial charge >= 0.3 is 48.8 Å². The molecule has 0 rings (SSSR count). The van der Waals surface area contributed by atoms with Crippen LogP contribution in [0.4, 0.5) is 0 Å². The van der Waals surface area contributed by atoms with E-state index in [2.05, 4.69) is 80.1 Å². The Morgan fingerprint density at radius 2 is 0.917 bits per heavy atom. The van der Waals surface area contributed by atoms with Gasteiger partial charge < -0.3 is 25.0 Å². The Kier molecular flexibility index (Phi) is 13.2. The first-order valence-corrected chi connectivity index (χ1v) is 30.0. The average Bonchev–Trinajstić information content (AvgIpc) is 2.44. The van der Waals surface area contributed by atoms with Crippen LogP contribution in [0, 0.1) is 11.8 Å². The average molecular weight is 613 g/mol. The van der Waals surface area contributed by atoms with Crippen LogP contribution in [0.3, 0.4) is 0 Å². The molecule has 214 valence electrons. The van der Waals surface area contributed by atoms with Gasteiger partial charge in [-0.1, -0.05) is 34.3 Å². The molecule has 0 aromatic heterocycles. The summed E-state index contributed by atoms with van der Waals surface area (Å²) in [6.45, 7) is 37.0. The standard InChI is InChI=1S/C23H56O7Si6/c1-20(2)18-36(19-21(3)4,25-23(24)22(5)6)30-35(16,17)29-34(14,15)28-33(12,13)27-32(10,11)26-31(7,8)9/h20-21H,5,18-19H2,1-4,6-17H3. The highest BCUT2D eigenvalue weighted by atomic mass is 28.5. The highest BCUT2D eigenvalue weighted by Crippen LogP contribution is 2.34. The number of hydrogen-bond donors (Lipinski definition) is 0. The van der Waals surface area contributed by atoms with Gasteiger partial charge in [0, 0.05) is 17.7 Å². The Morgan fingerprint density at radius 3 is 1.19 bits per heavy atom. The fourth-order valence-electron chi connectivity index (χ4n) is 4.82. The van der Waals surface area contributed by atoms with E-state index in [0.717, 1.165) is 0 Å². The Bertz CT molecular complexity index is 736. The van der Waals surface area contributed by atoms with Crippen LogP contribution >= 0.6 is 0 Å². The van der Waals surface area contributed by atoms with Gasteiger partial charge in [-0.05, 0) is 90.8 Å². The van der Waals surface area contributed by atoms with Crippen LogP contribution < -0.4 is 0 Å². The fourth-order valence-corrected chi connectivity index (χ4v) is 34.8. The summed E-state index contributed by atoms with van der Waals surface area (Å²) in [7, 11) is -15.0. The zero-order chi connectivity index (χ0) is 29.0. The lowest BCUT2D eigenvalue weighted by molar-refractivity contribution is -0.132. The molecule has 36 heavy (non-hydrogen) atoms. The first-order valence-electron chi connectivity index (χ1n) is 13.1. The van der Waals surface area contributed by atoms with Crippen LogP contribution in [0.15, 0.2) is 12.2 Å². The summed E-state index contributed by atoms with van der Waals surface area (Å²) in [6, 6.07) is 1.42. The molecule has 0 aromatic carbocycles. The summed E-state index contributed by atoms with van der Waals surface area (Å²) in [5.74, 6) is 0.257. The topological polar surface area (TPSA) is 72.5 Å². The molecule has 7 nitrogen and oxygen atoms in total. The minimum Gasteiger partial charge on any atom is -0.491 e. The van der Waals surface area contributed by atoms with E-state index >= 15 is 0 Å². The molecule has 0 unspecified atom stereocenters. The summed E-state index contributed by atoms with van der Waals surface area (Å²) in [4.78, 5) is 12.7. The van der Waals surface area contributed by atoms with Gasteiger partial charge in [-0.25, -0.2) is 4.79 Å². The Labute approximate surface area is 229 Å². The molecule has 0 amide bonds. The van der Waals surface area contributed by atoms with Crippen molar-refractivity contribution in [3.05, 3.63) is 12.2 Å². The van der Waals surface area contributed by atoms with Gasteiger partial charge in [0.05, 0.1) is 0 Å². The van der Waals surface area contributed by atoms with Crippen molar-refractivity contribution < 1.29 is 29.8 Å². The highest BCUT2D eigenvalue weighted by molar-refractivity contribution is 6.91. The van der Waals surface area contributed by atoms with Crippen LogP contribution in [0.5, 0.6) is 0 Å². The molecular weight excluding hydrogens is 557 g/mol. The normalized spacial score (nSPS) is 14.5. The molecule has 0 aliphatic rings. The maximum Gasteiger partial charge on any atom is 0.393 e. The van der Waals surface area contributed by atoms with Crippen molar-refractivity contribution in [2.24, 2.45) is 11.8 Å². The molecule has 0 radical (unpaired) electrons. The monoisotopic (exact) mass is 612 g/mol. The molecule has 0 saturated carbocycles. The van der Waals surface area contributed by atoms with Crippen molar-refractivity contribution in [3.8, 4) is 0 Å². The first-order chi connectivity index (χ1) is 15.7. The fraction of sp³-hybridized carbons (Fsp3) is 0.870. The van der Waals surface area contributed by atoms with E-state index in [1.807, 2.05) is 26.2 Å². The molecule has 0 N–H and O–H groups in total. The van der Waals surface area contributed by atoms with Crippen molar-refractivity contribution in [2.45, 2.75) is 119 Å². The van der Waals surface area contributed by atoms with Crippen molar-refractivity contribution in [2.75, 3.05) is 0 Å². The second-order valence-electron chi connectivity index (χ2n) is 13.5. The third-order valence-electron chi connectivity index (χ3n) is 4.52. The molecule has 0 fully saturated rings. The second kappa shape index (κ2) is 13.1. The zero-order valence-electron chi connectivity index (χ0n) is 26.1. The quantitative estimate of drug-likeness (QED) is 0.131. The number of carbonyl (C=O) groups excluding carboxylic acids is 1. The van der Waals surface area contributed by atoms with Gasteiger partial charge in [-0.15, -0.1) is 0 Å². The molecule has 13 heteroatoms. The molecule has 0 aliphatic carbocycles. The lowest BCUT2D eigenvalue weighted by atomic mass is 10.3. The minimum atomic E-state index is -2.94. The van der Waals surface area contributed by atoms with Gasteiger partial charge in [-0.3, -0.25) is 0 Å². The van der Waals surface area contributed by atoms with Crippen LogP contribution in [0.2, 0.25) is 84.1 Å². The van der Waals surface area contributed by atoms with Crippen molar-refractivity contribution >= 4 is 57.1 Å². The third-order valence-corrected chi connectivity index (χ3v) is 27.6. The molecule has 0 bridgehead atoms. The number of carbonyl (C=O) groups is 1. The van der Waals surface area contributed by atoms with Crippen LogP contribution in [-0.4, -0.2) is 57.1 Å². The summed E-state index contributed by atoms with van der Waals surface area (Å²) in [6.07, 6.45) is 0. The second-order valence-corrected chi connectivity index (χ2v) is 35.8. The van der Waals surface area contributed by atoms with E-state index in [-0.39, 0.29) is 5.97 Å². The van der Waals surface area contributed by atoms with Gasteiger partial charge in [0.25, 0.3) is 0 Å². The summed E-state index contributed by atoms with van der Waals surface area (Å²) in [5.41, 5.74) is 0.388. The summed E-state index contributed by atoms with van der Waals surface area (Å²) in [5, 5.41) is 0. The van der Waals surface area contributed by atoms with E-state index in [1.165, 1.54) is 0 Å². The van der Waals surface area contributed by atoms with Crippen molar-refractivity contribution in [1.29, 1.82) is 0 Å². The Morgan fingerprint density at radius 1 is 0.611 bits per heavy atom. The summed E-state index contributed by atoms with van der Waals surface area (Å²) >= 11 is 0. The van der Waals surface area contributed by atoms with E-state index in [4.69, 9.17) is 25.0 Å². The van der Waals surface area contributed by atoms with Crippen LogP contribution in [0.1, 0.15) is 34.6 Å². The summed E-state index contributed by atoms with van der Waals surface area (Å²) < 4.78 is 39.4.